The van der Waals surface area contributed by atoms with E-state index in [4.69, 9.17) is 0 Å². The van der Waals surface area contributed by atoms with Crippen LogP contribution in [-0.4, -0.2) is 0 Å². The van der Waals surface area contributed by atoms with Crippen molar-refractivity contribution in [3.05, 3.63) is 28.9 Å². The molecule has 1 heteroatoms. The highest BCUT2D eigenvalue weighted by Crippen LogP contribution is 1.58. The van der Waals surface area contributed by atoms with Gasteiger partial charge in [-0.1, -0.05) is 5.35 Å². The summed E-state index contributed by atoms with van der Waals surface area (Å²) in [6.07, 6.45) is 0. The maximum absolute atomic E-state index is 3.95. The average Bonchev–Trinajstić information content (AvgIpc) is 1.64. The zero-order valence-electron chi connectivity index (χ0n) is 4.59. The Morgan fingerprint density at radius 2 is 2.25 bits per heavy atom. The second-order valence-electron chi connectivity index (χ2n) is 1.62. The Labute approximate surface area is 48.0 Å². The molecule has 0 bridgehead atoms. The zero-order valence-corrected chi connectivity index (χ0v) is 4.59. The monoisotopic (exact) mass is 105 g/mol. The first-order chi connectivity index (χ1) is 3.79. The van der Waals surface area contributed by atoms with Crippen molar-refractivity contribution in [3.8, 4) is 0 Å². The molecule has 1 nitrogen and oxygen atoms in total. The van der Waals surface area contributed by atoms with Gasteiger partial charge in [-0.25, -0.2) is 0 Å². The van der Waals surface area contributed by atoms with E-state index in [1.54, 1.807) is 0 Å². The minimum atomic E-state index is 0.775. The van der Waals surface area contributed by atoms with Crippen LogP contribution in [-0.2, 0) is 0 Å². The molecule has 1 aromatic rings. The van der Waals surface area contributed by atoms with Crippen LogP contribution in [0, 0.1) is 0 Å². The quantitative estimate of drug-likeness (QED) is 0.415. The van der Waals surface area contributed by atoms with Gasteiger partial charge in [0.25, 0.3) is 0 Å². The molecule has 0 atom stereocenters. The lowest BCUT2D eigenvalue weighted by Crippen LogP contribution is -2.18. The molecule has 0 saturated heterocycles. The number of pyridine rings is 1. The third kappa shape index (κ3) is 0.936. The van der Waals surface area contributed by atoms with Gasteiger partial charge in [0.1, 0.15) is 0 Å². The Bertz CT molecular complexity index is 239. The smallest absolute Gasteiger partial charge is 0.0440 e. The van der Waals surface area contributed by atoms with Crippen LogP contribution in [0.25, 0.3) is 13.2 Å². The van der Waals surface area contributed by atoms with Crippen LogP contribution in [0.5, 0.6) is 0 Å². The number of hydrogen-bond donors (Lipinski definition) is 0. The SMILES string of the molecule is C=c1cc[cH+]c(=C)[n-]1. The van der Waals surface area contributed by atoms with E-state index in [1.807, 2.05) is 18.2 Å². The van der Waals surface area contributed by atoms with Gasteiger partial charge in [0.15, 0.2) is 0 Å². The third-order valence-electron chi connectivity index (χ3n) is 0.864. The number of nitrogens with zero attached hydrogens (tertiary/aromatic N) is 1. The highest BCUT2D eigenvalue weighted by molar-refractivity contribution is 5.04. The minimum Gasteiger partial charge on any atom is -0.624 e. The highest BCUT2D eigenvalue weighted by Gasteiger charge is 1.66. The largest absolute Gasteiger partial charge is 0.624 e. The van der Waals surface area contributed by atoms with Gasteiger partial charge < -0.3 is 4.98 Å². The van der Waals surface area contributed by atoms with E-state index < -0.39 is 0 Å². The average molecular weight is 105 g/mol. The minimum absolute atomic E-state index is 0.775. The van der Waals surface area contributed by atoms with Crippen molar-refractivity contribution in [2.75, 3.05) is 0 Å². The maximum Gasteiger partial charge on any atom is 0.0440 e. The van der Waals surface area contributed by atoms with Gasteiger partial charge in [0.2, 0.25) is 0 Å². The van der Waals surface area contributed by atoms with E-state index in [0.717, 1.165) is 10.7 Å². The lowest BCUT2D eigenvalue weighted by atomic mass is 10.4. The molecule has 0 spiro atoms. The summed E-state index contributed by atoms with van der Waals surface area (Å²) in [7, 11) is 0. The van der Waals surface area contributed by atoms with Gasteiger partial charge in [-0.3, -0.25) is 0 Å². The normalized spacial score (nSPS) is 9.00. The van der Waals surface area contributed by atoms with Crippen LogP contribution in [0.1, 0.15) is 0 Å². The summed E-state index contributed by atoms with van der Waals surface area (Å²) < 4.78 is 0. The van der Waals surface area contributed by atoms with Crippen LogP contribution >= 0.6 is 0 Å². The van der Waals surface area contributed by atoms with Crippen LogP contribution < -0.4 is 15.7 Å². The lowest BCUT2D eigenvalue weighted by molar-refractivity contribution is 1.17. The molecule has 0 aromatic carbocycles. The van der Waals surface area contributed by atoms with Crippen LogP contribution in [0.3, 0.4) is 0 Å². The molecule has 0 fully saturated rings. The fourth-order valence-electron chi connectivity index (χ4n) is 0.529. The predicted octanol–water partition coefficient (Wildman–Crippen LogP) is -0.254. The standard InChI is InChI=1S/C7H7N/c1-6-4-3-5-7(2)8-6/h3-5H,1-2H2. The van der Waals surface area contributed by atoms with Crippen molar-refractivity contribution >= 4 is 13.2 Å². The van der Waals surface area contributed by atoms with Crippen molar-refractivity contribution in [1.29, 1.82) is 0 Å². The lowest BCUT2D eigenvalue weighted by Gasteiger charge is -1.90. The van der Waals surface area contributed by atoms with Crippen molar-refractivity contribution in [1.82, 2.24) is 4.98 Å². The first kappa shape index (κ1) is 5.04. The number of aromatic nitrogens is 1. The molecule has 1 rings (SSSR count). The molecule has 0 unspecified atom stereocenters. The Balaban J connectivity index is 3.50. The molecule has 1 heterocycles. The number of rotatable bonds is 0. The van der Waals surface area contributed by atoms with Gasteiger partial charge in [0, 0.05) is 18.2 Å². The highest BCUT2D eigenvalue weighted by atomic mass is 14.6. The van der Waals surface area contributed by atoms with Gasteiger partial charge in [-0.2, -0.15) is 0 Å². The fourth-order valence-corrected chi connectivity index (χ4v) is 0.529. The second kappa shape index (κ2) is 1.78. The summed E-state index contributed by atoms with van der Waals surface area (Å²) >= 11 is 0. The molecule has 0 N–H and O–H groups in total. The predicted molar refractivity (Wildman–Crippen MR) is 34.5 cm³/mol. The van der Waals surface area contributed by atoms with E-state index in [9.17, 15) is 0 Å². The first-order valence-corrected chi connectivity index (χ1v) is 2.40. The summed E-state index contributed by atoms with van der Waals surface area (Å²) in [5.41, 5.74) is 0. The van der Waals surface area contributed by atoms with Crippen molar-refractivity contribution in [2.45, 2.75) is 0 Å². The first-order valence-electron chi connectivity index (χ1n) is 2.40. The van der Waals surface area contributed by atoms with Crippen LogP contribution in [0.2, 0.25) is 0 Å². The maximum atomic E-state index is 3.95. The second-order valence-corrected chi connectivity index (χ2v) is 1.62. The summed E-state index contributed by atoms with van der Waals surface area (Å²) in [6, 6.07) is 5.57. The topological polar surface area (TPSA) is 14.1 Å². The fraction of sp³-hybridized carbons (Fsp3) is 0. The summed E-state index contributed by atoms with van der Waals surface area (Å²) in [6.45, 7) is 7.26. The van der Waals surface area contributed by atoms with Crippen LogP contribution in [0.4, 0.5) is 0 Å². The van der Waals surface area contributed by atoms with E-state index in [1.165, 1.54) is 0 Å². The molecule has 0 aliphatic rings. The molecule has 0 aliphatic heterocycles. The molecule has 0 radical (unpaired) electrons. The Morgan fingerprint density at radius 3 is 2.62 bits per heavy atom. The van der Waals surface area contributed by atoms with Gasteiger partial charge in [0.05, 0.1) is 0 Å². The van der Waals surface area contributed by atoms with Crippen molar-refractivity contribution in [3.63, 3.8) is 0 Å². The third-order valence-corrected chi connectivity index (χ3v) is 0.864. The van der Waals surface area contributed by atoms with Gasteiger partial charge in [-0.05, 0) is 11.9 Å². The van der Waals surface area contributed by atoms with E-state index >= 15 is 0 Å². The molecule has 1 aromatic heterocycles. The molecule has 0 aliphatic carbocycles. The molecule has 40 valence electrons. The summed E-state index contributed by atoms with van der Waals surface area (Å²) in [5, 5.41) is 1.55. The Kier molecular flexibility index (Phi) is 1.12. The molecule has 0 saturated carbocycles. The summed E-state index contributed by atoms with van der Waals surface area (Å²) in [4.78, 5) is 3.95. The van der Waals surface area contributed by atoms with Crippen molar-refractivity contribution in [2.24, 2.45) is 0 Å². The Hall–Kier alpha value is -1.11. The van der Waals surface area contributed by atoms with Crippen molar-refractivity contribution < 1.29 is 0 Å². The molecular weight excluding hydrogens is 98.1 g/mol. The van der Waals surface area contributed by atoms with E-state index in [2.05, 4.69) is 18.1 Å². The molecular formula is C7H7N. The van der Waals surface area contributed by atoms with E-state index in [-0.39, 0.29) is 0 Å². The molecule has 0 amide bonds. The van der Waals surface area contributed by atoms with E-state index in [0.29, 0.717) is 0 Å². The zero-order chi connectivity index (χ0) is 5.98. The Morgan fingerprint density at radius 1 is 1.50 bits per heavy atom. The van der Waals surface area contributed by atoms with Crippen LogP contribution in [0.15, 0.2) is 18.2 Å². The van der Waals surface area contributed by atoms with Gasteiger partial charge >= 0.3 is 0 Å². The summed E-state index contributed by atoms with van der Waals surface area (Å²) in [5.74, 6) is 0. The number of hydrogen-bond acceptors (Lipinski definition) is 0. The molecule has 8 heavy (non-hydrogen) atoms. The van der Waals surface area contributed by atoms with Gasteiger partial charge in [-0.15, -0.1) is 6.58 Å².